The highest BCUT2D eigenvalue weighted by atomic mass is 79.9. The molecule has 3 saturated heterocycles. The number of fused-ring (bicyclic) bond motifs is 4. The molecule has 0 spiro atoms. The van der Waals surface area contributed by atoms with Crippen LogP contribution in [-0.4, -0.2) is 73.1 Å². The number of nitrogens with zero attached hydrogens (tertiary/aromatic N) is 3. The summed E-state index contributed by atoms with van der Waals surface area (Å²) < 4.78 is 6.23. The van der Waals surface area contributed by atoms with E-state index in [9.17, 15) is 4.79 Å². The number of halogens is 1. The molecule has 1 aromatic heterocycles. The second-order valence-electron chi connectivity index (χ2n) is 8.57. The minimum atomic E-state index is -0.0609. The Morgan fingerprint density at radius 3 is 2.76 bits per heavy atom. The van der Waals surface area contributed by atoms with E-state index in [1.165, 1.54) is 0 Å². The van der Waals surface area contributed by atoms with Gasteiger partial charge < -0.3 is 10.1 Å². The summed E-state index contributed by atoms with van der Waals surface area (Å²) >= 11 is 3.54. The number of pyridine rings is 1. The zero-order valence-electron chi connectivity index (χ0n) is 18.6. The van der Waals surface area contributed by atoms with E-state index in [1.807, 2.05) is 60.7 Å². The lowest BCUT2D eigenvalue weighted by molar-refractivity contribution is 0.0138. The molecule has 33 heavy (non-hydrogen) atoms. The van der Waals surface area contributed by atoms with E-state index in [-0.39, 0.29) is 5.91 Å². The van der Waals surface area contributed by atoms with E-state index in [4.69, 9.17) is 9.72 Å². The maximum absolute atomic E-state index is 13.3. The molecule has 2 bridgehead atoms. The SMILES string of the molecule is COc1cccc(/C=C/c2cc(C(=O)NCC3CN4CCN3CC4)c3cc(Br)ccc3n2)c1. The fourth-order valence-corrected chi connectivity index (χ4v) is 5.00. The first-order valence-corrected chi connectivity index (χ1v) is 12.1. The average molecular weight is 507 g/mol. The van der Waals surface area contributed by atoms with Gasteiger partial charge in [-0.05, 0) is 48.0 Å². The van der Waals surface area contributed by atoms with Crippen LogP contribution in [0, 0.1) is 0 Å². The Bertz CT molecular complexity index is 1200. The van der Waals surface area contributed by atoms with Gasteiger partial charge in [-0.3, -0.25) is 14.6 Å². The van der Waals surface area contributed by atoms with Gasteiger partial charge in [-0.1, -0.05) is 34.1 Å². The quantitative estimate of drug-likeness (QED) is 0.549. The van der Waals surface area contributed by atoms with Crippen LogP contribution in [0.2, 0.25) is 0 Å². The van der Waals surface area contributed by atoms with Crippen LogP contribution in [0.4, 0.5) is 0 Å². The summed E-state index contributed by atoms with van der Waals surface area (Å²) in [7, 11) is 1.66. The topological polar surface area (TPSA) is 57.7 Å². The molecule has 0 aliphatic carbocycles. The van der Waals surface area contributed by atoms with Crippen molar-refractivity contribution < 1.29 is 9.53 Å². The van der Waals surface area contributed by atoms with Gasteiger partial charge in [0.25, 0.3) is 5.91 Å². The third-order valence-corrected chi connectivity index (χ3v) is 6.96. The zero-order chi connectivity index (χ0) is 22.8. The molecule has 0 saturated carbocycles. The fourth-order valence-electron chi connectivity index (χ4n) is 4.64. The number of amides is 1. The number of rotatable bonds is 6. The average Bonchev–Trinajstić information content (AvgIpc) is 2.86. The number of hydrogen-bond donors (Lipinski definition) is 1. The number of methoxy groups -OCH3 is 1. The van der Waals surface area contributed by atoms with Gasteiger partial charge in [-0.25, -0.2) is 4.98 Å². The number of aromatic nitrogens is 1. The standard InChI is InChI=1S/C26H27BrN4O2/c1-33-22-4-2-3-18(13-22)5-7-20-15-24(23-14-19(27)6-8-25(23)29-20)26(32)28-16-21-17-30-9-11-31(21)12-10-30/h2-8,13-15,21H,9-12,16-17H2,1H3,(H,28,32)/b7-5+. The number of piperazine rings is 3. The van der Waals surface area contributed by atoms with Crippen molar-refractivity contribution in [2.24, 2.45) is 0 Å². The maximum Gasteiger partial charge on any atom is 0.252 e. The molecule has 0 radical (unpaired) electrons. The first-order chi connectivity index (χ1) is 16.1. The van der Waals surface area contributed by atoms with Crippen LogP contribution in [0.15, 0.2) is 53.0 Å². The molecule has 1 atom stereocenters. The Labute approximate surface area is 202 Å². The summed E-state index contributed by atoms with van der Waals surface area (Å²) in [5.74, 6) is 0.742. The Kier molecular flexibility index (Phi) is 6.44. The number of nitrogens with one attached hydrogen (secondary N) is 1. The summed E-state index contributed by atoms with van der Waals surface area (Å²) in [6.45, 7) is 6.13. The lowest BCUT2D eigenvalue weighted by Gasteiger charge is -2.47. The monoisotopic (exact) mass is 506 g/mol. The molecular weight excluding hydrogens is 480 g/mol. The highest BCUT2D eigenvalue weighted by molar-refractivity contribution is 9.10. The maximum atomic E-state index is 13.3. The minimum Gasteiger partial charge on any atom is -0.497 e. The van der Waals surface area contributed by atoms with Crippen molar-refractivity contribution >= 4 is 44.9 Å². The Morgan fingerprint density at radius 1 is 1.15 bits per heavy atom. The molecule has 1 amide bonds. The van der Waals surface area contributed by atoms with Crippen molar-refractivity contribution in [1.82, 2.24) is 20.1 Å². The Morgan fingerprint density at radius 2 is 2.00 bits per heavy atom. The molecular formula is C26H27BrN4O2. The van der Waals surface area contributed by atoms with Gasteiger partial charge in [-0.15, -0.1) is 0 Å². The highest BCUT2D eigenvalue weighted by Crippen LogP contribution is 2.24. The molecule has 6 rings (SSSR count). The largest absolute Gasteiger partial charge is 0.497 e. The Balaban J connectivity index is 1.40. The third-order valence-electron chi connectivity index (χ3n) is 6.47. The zero-order valence-corrected chi connectivity index (χ0v) is 20.2. The molecule has 3 aliphatic rings. The van der Waals surface area contributed by atoms with Gasteiger partial charge >= 0.3 is 0 Å². The smallest absolute Gasteiger partial charge is 0.252 e. The number of benzene rings is 2. The molecule has 2 aromatic carbocycles. The van der Waals surface area contributed by atoms with Crippen LogP contribution in [-0.2, 0) is 0 Å². The summed E-state index contributed by atoms with van der Waals surface area (Å²) in [6.07, 6.45) is 3.92. The van der Waals surface area contributed by atoms with Crippen molar-refractivity contribution in [2.45, 2.75) is 6.04 Å². The Hall–Kier alpha value is -2.74. The molecule has 6 nitrogen and oxygen atoms in total. The van der Waals surface area contributed by atoms with Crippen LogP contribution in [0.1, 0.15) is 21.6 Å². The predicted octanol–water partition coefficient (Wildman–Crippen LogP) is 3.91. The normalized spacial score (nSPS) is 22.1. The second kappa shape index (κ2) is 9.63. The van der Waals surface area contributed by atoms with Gasteiger partial charge in [0.05, 0.1) is 23.9 Å². The van der Waals surface area contributed by atoms with Crippen LogP contribution >= 0.6 is 15.9 Å². The third kappa shape index (κ3) is 4.95. The molecule has 4 heterocycles. The van der Waals surface area contributed by atoms with E-state index in [1.54, 1.807) is 7.11 Å². The number of hydrogen-bond acceptors (Lipinski definition) is 5. The number of ether oxygens (including phenoxy) is 1. The highest BCUT2D eigenvalue weighted by Gasteiger charge is 2.31. The molecule has 1 N–H and O–H groups in total. The summed E-state index contributed by atoms with van der Waals surface area (Å²) in [5.41, 5.74) is 3.18. The lowest BCUT2D eigenvalue weighted by atomic mass is 10.0. The minimum absolute atomic E-state index is 0.0609. The number of carbonyl (C=O) groups is 1. The van der Waals surface area contributed by atoms with Crippen molar-refractivity contribution in [3.8, 4) is 5.75 Å². The van der Waals surface area contributed by atoms with Crippen LogP contribution in [0.3, 0.4) is 0 Å². The molecule has 3 aromatic rings. The van der Waals surface area contributed by atoms with Crippen molar-refractivity contribution in [2.75, 3.05) is 46.4 Å². The van der Waals surface area contributed by atoms with E-state index in [0.717, 1.165) is 65.1 Å². The van der Waals surface area contributed by atoms with Crippen LogP contribution in [0.25, 0.3) is 23.1 Å². The van der Waals surface area contributed by atoms with E-state index in [2.05, 4.69) is 31.0 Å². The second-order valence-corrected chi connectivity index (χ2v) is 9.48. The molecule has 3 aliphatic heterocycles. The van der Waals surface area contributed by atoms with Crippen molar-refractivity contribution in [1.29, 1.82) is 0 Å². The number of carbonyl (C=O) groups excluding carboxylic acids is 1. The van der Waals surface area contributed by atoms with Gasteiger partial charge in [0, 0.05) is 55.2 Å². The van der Waals surface area contributed by atoms with Crippen molar-refractivity contribution in [3.63, 3.8) is 0 Å². The van der Waals surface area contributed by atoms with Crippen molar-refractivity contribution in [3.05, 3.63) is 69.8 Å². The first kappa shape index (κ1) is 22.1. The van der Waals surface area contributed by atoms with E-state index < -0.39 is 0 Å². The summed E-state index contributed by atoms with van der Waals surface area (Å²) in [4.78, 5) is 23.0. The molecule has 170 valence electrons. The van der Waals surface area contributed by atoms with Gasteiger partial charge in [-0.2, -0.15) is 0 Å². The summed E-state index contributed by atoms with van der Waals surface area (Å²) in [5, 5.41) is 4.03. The first-order valence-electron chi connectivity index (χ1n) is 11.3. The summed E-state index contributed by atoms with van der Waals surface area (Å²) in [6, 6.07) is 15.9. The van der Waals surface area contributed by atoms with E-state index >= 15 is 0 Å². The van der Waals surface area contributed by atoms with Gasteiger partial charge in [0.2, 0.25) is 0 Å². The molecule has 3 fully saturated rings. The van der Waals surface area contributed by atoms with E-state index in [0.29, 0.717) is 18.2 Å². The van der Waals surface area contributed by atoms with Gasteiger partial charge in [0.1, 0.15) is 5.75 Å². The van der Waals surface area contributed by atoms with Gasteiger partial charge in [0.15, 0.2) is 0 Å². The van der Waals surface area contributed by atoms with Crippen LogP contribution in [0.5, 0.6) is 5.75 Å². The molecule has 7 heteroatoms. The lowest BCUT2D eigenvalue weighted by Crippen LogP contribution is -2.63. The predicted molar refractivity (Wildman–Crippen MR) is 135 cm³/mol. The van der Waals surface area contributed by atoms with Crippen LogP contribution < -0.4 is 10.1 Å². The fraction of sp³-hybridized carbons (Fsp3) is 0.308. The molecule has 1 unspecified atom stereocenters.